The van der Waals surface area contributed by atoms with E-state index in [0.717, 1.165) is 12.2 Å². The molecule has 3 saturated heterocycles. The van der Waals surface area contributed by atoms with Crippen LogP contribution in [-0.2, 0) is 4.79 Å². The number of carbonyl (C=O) groups excluding carboxylic acids is 1. The van der Waals surface area contributed by atoms with Gasteiger partial charge in [0.15, 0.2) is 0 Å². The zero-order valence-electron chi connectivity index (χ0n) is 8.52. The summed E-state index contributed by atoms with van der Waals surface area (Å²) in [6.07, 6.45) is 1.82. The van der Waals surface area contributed by atoms with Crippen molar-refractivity contribution in [1.29, 1.82) is 0 Å². The van der Waals surface area contributed by atoms with Crippen LogP contribution in [0.5, 0.6) is 0 Å². The van der Waals surface area contributed by atoms with Gasteiger partial charge in [0, 0.05) is 22.5 Å². The van der Waals surface area contributed by atoms with Gasteiger partial charge in [0.05, 0.1) is 0 Å². The summed E-state index contributed by atoms with van der Waals surface area (Å²) in [6, 6.07) is 0. The summed E-state index contributed by atoms with van der Waals surface area (Å²) in [5.74, 6) is 1.94. The SMILES string of the molecule is CC1CC2(C)CSC1(C)CC(=O)N2. The summed E-state index contributed by atoms with van der Waals surface area (Å²) in [5, 5.41) is 3.14. The minimum Gasteiger partial charge on any atom is -0.350 e. The van der Waals surface area contributed by atoms with E-state index in [1.165, 1.54) is 0 Å². The van der Waals surface area contributed by atoms with Gasteiger partial charge in [-0.3, -0.25) is 4.79 Å². The summed E-state index contributed by atoms with van der Waals surface area (Å²) < 4.78 is 0.181. The highest BCUT2D eigenvalue weighted by atomic mass is 32.2. The molecule has 0 spiro atoms. The van der Waals surface area contributed by atoms with E-state index in [4.69, 9.17) is 0 Å². The summed E-state index contributed by atoms with van der Waals surface area (Å²) in [7, 11) is 0. The lowest BCUT2D eigenvalue weighted by Crippen LogP contribution is -2.49. The van der Waals surface area contributed by atoms with Gasteiger partial charge in [-0.25, -0.2) is 0 Å². The van der Waals surface area contributed by atoms with E-state index in [1.54, 1.807) is 0 Å². The number of rotatable bonds is 0. The normalized spacial score (nSPS) is 50.1. The maximum absolute atomic E-state index is 11.6. The number of hydrogen-bond donors (Lipinski definition) is 1. The lowest BCUT2D eigenvalue weighted by atomic mass is 9.83. The zero-order chi connectivity index (χ0) is 9.69. The molecule has 0 radical (unpaired) electrons. The lowest BCUT2D eigenvalue weighted by molar-refractivity contribution is -0.122. The smallest absolute Gasteiger partial charge is 0.221 e. The van der Waals surface area contributed by atoms with Crippen molar-refractivity contribution in [3.05, 3.63) is 0 Å². The molecule has 3 unspecified atom stereocenters. The van der Waals surface area contributed by atoms with Gasteiger partial charge in [-0.1, -0.05) is 6.92 Å². The fourth-order valence-corrected chi connectivity index (χ4v) is 3.87. The van der Waals surface area contributed by atoms with Gasteiger partial charge in [-0.2, -0.15) is 11.8 Å². The first-order valence-corrected chi connectivity index (χ1v) is 5.87. The molecule has 0 aromatic rings. The van der Waals surface area contributed by atoms with Crippen molar-refractivity contribution >= 4 is 17.7 Å². The lowest BCUT2D eigenvalue weighted by Gasteiger charge is -2.42. The largest absolute Gasteiger partial charge is 0.350 e. The second kappa shape index (κ2) is 2.66. The predicted octanol–water partition coefficient (Wildman–Crippen LogP) is 1.80. The number of amides is 1. The maximum atomic E-state index is 11.6. The standard InChI is InChI=1S/C10H17NOS/c1-7-4-9(2)6-13-10(7,3)5-8(12)11-9/h7H,4-6H2,1-3H3,(H,11,12). The van der Waals surface area contributed by atoms with Crippen molar-refractivity contribution in [2.24, 2.45) is 5.92 Å². The Labute approximate surface area is 83.8 Å². The summed E-state index contributed by atoms with van der Waals surface area (Å²) >= 11 is 1.96. The van der Waals surface area contributed by atoms with Crippen LogP contribution in [0.25, 0.3) is 0 Å². The van der Waals surface area contributed by atoms with Gasteiger partial charge in [0.2, 0.25) is 5.91 Å². The Morgan fingerprint density at radius 2 is 2.23 bits per heavy atom. The van der Waals surface area contributed by atoms with Crippen LogP contribution < -0.4 is 5.32 Å². The number of hydrogen-bond acceptors (Lipinski definition) is 2. The summed E-state index contributed by atoms with van der Waals surface area (Å²) in [5.41, 5.74) is 0.0528. The fraction of sp³-hybridized carbons (Fsp3) is 0.900. The average Bonchev–Trinajstić information content (AvgIpc) is 2.12. The highest BCUT2D eigenvalue weighted by molar-refractivity contribution is 8.00. The molecule has 3 fully saturated rings. The summed E-state index contributed by atoms with van der Waals surface area (Å²) in [6.45, 7) is 6.66. The van der Waals surface area contributed by atoms with Crippen molar-refractivity contribution in [2.45, 2.75) is 43.9 Å². The molecule has 1 N–H and O–H groups in total. The molecule has 0 aromatic carbocycles. The van der Waals surface area contributed by atoms with Gasteiger partial charge in [0.1, 0.15) is 0 Å². The van der Waals surface area contributed by atoms with Gasteiger partial charge in [0.25, 0.3) is 0 Å². The molecule has 3 atom stereocenters. The quantitative estimate of drug-likeness (QED) is 0.644. The first kappa shape index (κ1) is 9.38. The van der Waals surface area contributed by atoms with E-state index in [0.29, 0.717) is 12.3 Å². The number of thioether (sulfide) groups is 1. The van der Waals surface area contributed by atoms with E-state index < -0.39 is 0 Å². The monoisotopic (exact) mass is 199 g/mol. The van der Waals surface area contributed by atoms with E-state index in [-0.39, 0.29) is 16.2 Å². The molecule has 74 valence electrons. The van der Waals surface area contributed by atoms with Crippen LogP contribution >= 0.6 is 11.8 Å². The van der Waals surface area contributed by atoms with Gasteiger partial charge in [-0.05, 0) is 26.2 Å². The third-order valence-electron chi connectivity index (χ3n) is 3.47. The third-order valence-corrected chi connectivity index (χ3v) is 5.46. The van der Waals surface area contributed by atoms with Crippen molar-refractivity contribution in [3.63, 3.8) is 0 Å². The molecule has 0 saturated carbocycles. The van der Waals surface area contributed by atoms with Gasteiger partial charge in [-0.15, -0.1) is 0 Å². The zero-order valence-corrected chi connectivity index (χ0v) is 9.33. The topological polar surface area (TPSA) is 29.1 Å². The van der Waals surface area contributed by atoms with Crippen molar-refractivity contribution in [1.82, 2.24) is 5.32 Å². The van der Waals surface area contributed by atoms with E-state index in [9.17, 15) is 4.79 Å². The highest BCUT2D eigenvalue weighted by Gasteiger charge is 2.48. The maximum Gasteiger partial charge on any atom is 0.221 e. The molecule has 3 aliphatic rings. The Morgan fingerprint density at radius 3 is 2.85 bits per heavy atom. The van der Waals surface area contributed by atoms with Crippen LogP contribution in [-0.4, -0.2) is 21.9 Å². The molecule has 2 bridgehead atoms. The van der Waals surface area contributed by atoms with Crippen molar-refractivity contribution in [3.8, 4) is 0 Å². The molecule has 3 aliphatic heterocycles. The molecule has 13 heavy (non-hydrogen) atoms. The van der Waals surface area contributed by atoms with Crippen LogP contribution in [0.15, 0.2) is 0 Å². The molecular weight excluding hydrogens is 182 g/mol. The average molecular weight is 199 g/mol. The van der Waals surface area contributed by atoms with E-state index >= 15 is 0 Å². The second-order valence-corrected chi connectivity index (χ2v) is 6.50. The van der Waals surface area contributed by atoms with Gasteiger partial charge >= 0.3 is 0 Å². The third kappa shape index (κ3) is 1.47. The number of fused-ring (bicyclic) bond motifs is 4. The molecule has 0 aromatic heterocycles. The van der Waals surface area contributed by atoms with Gasteiger partial charge < -0.3 is 5.32 Å². The Bertz CT molecular complexity index is 255. The molecule has 3 heteroatoms. The molecule has 2 nitrogen and oxygen atoms in total. The first-order valence-electron chi connectivity index (χ1n) is 4.89. The van der Waals surface area contributed by atoms with E-state index in [2.05, 4.69) is 26.1 Å². The summed E-state index contributed by atoms with van der Waals surface area (Å²) in [4.78, 5) is 11.6. The number of carbonyl (C=O) groups is 1. The molecule has 3 heterocycles. The Hall–Kier alpha value is -0.180. The highest BCUT2D eigenvalue weighted by Crippen LogP contribution is 2.48. The molecular formula is C10H17NOS. The Balaban J connectivity index is 2.33. The minimum absolute atomic E-state index is 0.0528. The minimum atomic E-state index is 0.0528. The van der Waals surface area contributed by atoms with Crippen molar-refractivity contribution in [2.75, 3.05) is 5.75 Å². The number of nitrogens with one attached hydrogen (secondary N) is 1. The Morgan fingerprint density at radius 1 is 1.54 bits per heavy atom. The predicted molar refractivity (Wildman–Crippen MR) is 55.8 cm³/mol. The molecule has 0 aliphatic carbocycles. The van der Waals surface area contributed by atoms with Crippen LogP contribution in [0, 0.1) is 5.92 Å². The Kier molecular flexibility index (Phi) is 1.92. The van der Waals surface area contributed by atoms with E-state index in [1.807, 2.05) is 11.8 Å². The van der Waals surface area contributed by atoms with Crippen LogP contribution in [0.1, 0.15) is 33.6 Å². The first-order chi connectivity index (χ1) is 5.94. The van der Waals surface area contributed by atoms with Crippen LogP contribution in [0.3, 0.4) is 0 Å². The van der Waals surface area contributed by atoms with Crippen LogP contribution in [0.2, 0.25) is 0 Å². The molecule has 3 rings (SSSR count). The fourth-order valence-electron chi connectivity index (χ4n) is 2.43. The van der Waals surface area contributed by atoms with Crippen molar-refractivity contribution < 1.29 is 4.79 Å². The van der Waals surface area contributed by atoms with Crippen LogP contribution in [0.4, 0.5) is 0 Å². The second-order valence-electron chi connectivity index (χ2n) is 4.99. The molecule has 1 amide bonds.